The molecule has 0 aromatic carbocycles. The minimum Gasteiger partial charge on any atom is -0.491 e. The molecular weight excluding hydrogens is 268 g/mol. The number of nitrogens with zero attached hydrogens (tertiary/aromatic N) is 1. The second-order valence-electron chi connectivity index (χ2n) is 5.53. The molecule has 2 aromatic heterocycles. The molecule has 1 N–H and O–H groups in total. The Morgan fingerprint density at radius 1 is 1.38 bits per heavy atom. The maximum Gasteiger partial charge on any atom is 0.223 e. The molecule has 21 heavy (non-hydrogen) atoms. The zero-order chi connectivity index (χ0) is 15.2. The first-order valence-electron chi connectivity index (χ1n) is 7.09. The maximum atomic E-state index is 11.8. The Kier molecular flexibility index (Phi) is 5.22. The smallest absolute Gasteiger partial charge is 0.223 e. The van der Waals surface area contributed by atoms with E-state index in [4.69, 9.17) is 9.15 Å². The van der Waals surface area contributed by atoms with Crippen molar-refractivity contribution in [2.75, 3.05) is 13.7 Å². The predicted molar refractivity (Wildman–Crippen MR) is 81.3 cm³/mol. The predicted octanol–water partition coefficient (Wildman–Crippen LogP) is 2.63. The molecule has 2 heterocycles. The Balaban J connectivity index is 2.10. The number of H-pyrrole nitrogens is 1. The fourth-order valence-electron chi connectivity index (χ4n) is 2.32. The van der Waals surface area contributed by atoms with E-state index in [1.807, 2.05) is 12.1 Å². The minimum atomic E-state index is -0.103. The molecule has 0 saturated heterocycles. The Hall–Kier alpha value is -2.01. The van der Waals surface area contributed by atoms with E-state index in [1.54, 1.807) is 18.5 Å². The summed E-state index contributed by atoms with van der Waals surface area (Å²) in [4.78, 5) is 17.2. The number of methoxy groups -OCH3 is 1. The van der Waals surface area contributed by atoms with Crippen LogP contribution in [0.3, 0.4) is 0 Å². The van der Waals surface area contributed by atoms with E-state index >= 15 is 0 Å². The van der Waals surface area contributed by atoms with Gasteiger partial charge >= 0.3 is 0 Å². The van der Waals surface area contributed by atoms with Crippen molar-refractivity contribution in [3.8, 4) is 5.75 Å². The Labute approximate surface area is 124 Å². The highest BCUT2D eigenvalue weighted by molar-refractivity contribution is 5.20. The van der Waals surface area contributed by atoms with Gasteiger partial charge in [-0.1, -0.05) is 13.8 Å². The summed E-state index contributed by atoms with van der Waals surface area (Å²) in [6, 6.07) is 5.44. The van der Waals surface area contributed by atoms with Crippen molar-refractivity contribution >= 4 is 0 Å². The molecular formula is C16H22N2O3. The van der Waals surface area contributed by atoms with Gasteiger partial charge in [0.15, 0.2) is 5.75 Å². The van der Waals surface area contributed by atoms with Crippen molar-refractivity contribution in [2.24, 2.45) is 5.92 Å². The number of hydrogen-bond acceptors (Lipinski definition) is 4. The number of rotatable bonds is 7. The summed E-state index contributed by atoms with van der Waals surface area (Å²) in [7, 11) is 1.49. The molecule has 0 unspecified atom stereocenters. The van der Waals surface area contributed by atoms with E-state index < -0.39 is 0 Å². The number of nitrogens with one attached hydrogen (secondary N) is 1. The Morgan fingerprint density at radius 2 is 2.19 bits per heavy atom. The molecule has 0 spiro atoms. The molecule has 2 rings (SSSR count). The van der Waals surface area contributed by atoms with E-state index in [2.05, 4.69) is 23.7 Å². The van der Waals surface area contributed by atoms with Crippen LogP contribution >= 0.6 is 0 Å². The molecule has 0 radical (unpaired) electrons. The summed E-state index contributed by atoms with van der Waals surface area (Å²) >= 11 is 0. The molecule has 0 fully saturated rings. The summed E-state index contributed by atoms with van der Waals surface area (Å²) < 4.78 is 10.4. The van der Waals surface area contributed by atoms with Crippen LogP contribution in [0.1, 0.15) is 25.3 Å². The van der Waals surface area contributed by atoms with Gasteiger partial charge in [-0.15, -0.1) is 0 Å². The first-order valence-corrected chi connectivity index (χ1v) is 7.09. The van der Waals surface area contributed by atoms with Crippen LogP contribution in [0.2, 0.25) is 0 Å². The van der Waals surface area contributed by atoms with E-state index in [1.165, 1.54) is 7.11 Å². The van der Waals surface area contributed by atoms with E-state index in [0.29, 0.717) is 18.2 Å². The Morgan fingerprint density at radius 3 is 2.76 bits per heavy atom. The summed E-state index contributed by atoms with van der Waals surface area (Å²) in [5.41, 5.74) is 0.766. The van der Waals surface area contributed by atoms with Gasteiger partial charge in [0.25, 0.3) is 0 Å². The second kappa shape index (κ2) is 7.13. The lowest BCUT2D eigenvalue weighted by Crippen LogP contribution is -2.27. The molecule has 0 aliphatic heterocycles. The fraction of sp³-hybridized carbons (Fsp3) is 0.438. The van der Waals surface area contributed by atoms with Gasteiger partial charge in [0, 0.05) is 31.0 Å². The number of ether oxygens (including phenoxy) is 1. The number of furan rings is 1. The third-order valence-corrected chi connectivity index (χ3v) is 3.13. The van der Waals surface area contributed by atoms with Crippen LogP contribution in [-0.4, -0.2) is 23.5 Å². The molecule has 114 valence electrons. The van der Waals surface area contributed by atoms with Gasteiger partial charge in [-0.25, -0.2) is 0 Å². The SMILES string of the molecule is COc1c[nH]c(CN(Cc2ccco2)CC(C)C)cc1=O. The average Bonchev–Trinajstić information content (AvgIpc) is 2.91. The summed E-state index contributed by atoms with van der Waals surface area (Å²) in [6.07, 6.45) is 3.29. The lowest BCUT2D eigenvalue weighted by atomic mass is 10.2. The third kappa shape index (κ3) is 4.49. The Bertz CT molecular complexity index is 602. The molecule has 5 nitrogen and oxygen atoms in total. The zero-order valence-electron chi connectivity index (χ0n) is 12.8. The van der Waals surface area contributed by atoms with Gasteiger partial charge in [0.1, 0.15) is 5.76 Å². The molecule has 0 saturated carbocycles. The highest BCUT2D eigenvalue weighted by Gasteiger charge is 2.12. The topological polar surface area (TPSA) is 58.5 Å². The van der Waals surface area contributed by atoms with Gasteiger partial charge in [0.05, 0.1) is 19.9 Å². The summed E-state index contributed by atoms with van der Waals surface area (Å²) in [6.45, 7) is 6.66. The third-order valence-electron chi connectivity index (χ3n) is 3.13. The molecule has 5 heteroatoms. The molecule has 2 aromatic rings. The van der Waals surface area contributed by atoms with Crippen LogP contribution in [0.5, 0.6) is 5.75 Å². The van der Waals surface area contributed by atoms with Crippen molar-refractivity contribution in [3.63, 3.8) is 0 Å². The number of aromatic amines is 1. The van der Waals surface area contributed by atoms with Crippen LogP contribution in [0.4, 0.5) is 0 Å². The normalized spacial score (nSPS) is 11.3. The highest BCUT2D eigenvalue weighted by atomic mass is 16.5. The molecule has 0 aliphatic carbocycles. The number of aromatic nitrogens is 1. The molecule has 0 aliphatic rings. The first kappa shape index (κ1) is 15.4. The monoisotopic (exact) mass is 290 g/mol. The van der Waals surface area contributed by atoms with Crippen LogP contribution in [0.25, 0.3) is 0 Å². The quantitative estimate of drug-likeness (QED) is 0.851. The minimum absolute atomic E-state index is 0.103. The lowest BCUT2D eigenvalue weighted by molar-refractivity contribution is 0.208. The van der Waals surface area contributed by atoms with Crippen molar-refractivity contribution in [1.82, 2.24) is 9.88 Å². The molecule has 0 amide bonds. The fourth-order valence-corrected chi connectivity index (χ4v) is 2.32. The van der Waals surface area contributed by atoms with Gasteiger partial charge in [-0.3, -0.25) is 9.69 Å². The highest BCUT2D eigenvalue weighted by Crippen LogP contribution is 2.12. The van der Waals surface area contributed by atoms with Gasteiger partial charge in [-0.05, 0) is 18.1 Å². The van der Waals surface area contributed by atoms with Crippen molar-refractivity contribution < 1.29 is 9.15 Å². The second-order valence-corrected chi connectivity index (χ2v) is 5.53. The standard InChI is InChI=1S/C16H22N2O3/c1-12(2)9-18(11-14-5-4-6-21-14)10-13-7-15(19)16(20-3)8-17-13/h4-8,12H,9-11H2,1-3H3,(H,17,19). The summed E-state index contributed by atoms with van der Waals surface area (Å²) in [5.74, 6) is 1.79. The maximum absolute atomic E-state index is 11.8. The zero-order valence-corrected chi connectivity index (χ0v) is 12.8. The van der Waals surface area contributed by atoms with Gasteiger partial charge in [-0.2, -0.15) is 0 Å². The van der Waals surface area contributed by atoms with Crippen molar-refractivity contribution in [2.45, 2.75) is 26.9 Å². The lowest BCUT2D eigenvalue weighted by Gasteiger charge is -2.23. The average molecular weight is 290 g/mol. The van der Waals surface area contributed by atoms with Crippen LogP contribution in [-0.2, 0) is 13.1 Å². The molecule has 0 bridgehead atoms. The van der Waals surface area contributed by atoms with E-state index in [-0.39, 0.29) is 5.43 Å². The van der Waals surface area contributed by atoms with Gasteiger partial charge in [0.2, 0.25) is 5.43 Å². The van der Waals surface area contributed by atoms with Gasteiger partial charge < -0.3 is 14.1 Å². The van der Waals surface area contributed by atoms with Crippen molar-refractivity contribution in [3.05, 3.63) is 52.3 Å². The largest absolute Gasteiger partial charge is 0.491 e. The van der Waals surface area contributed by atoms with Crippen molar-refractivity contribution in [1.29, 1.82) is 0 Å². The first-order chi connectivity index (χ1) is 10.1. The van der Waals surface area contributed by atoms with Crippen LogP contribution in [0.15, 0.2) is 39.9 Å². The van der Waals surface area contributed by atoms with E-state index in [9.17, 15) is 4.79 Å². The van der Waals surface area contributed by atoms with E-state index in [0.717, 1.165) is 24.5 Å². The molecule has 0 atom stereocenters. The number of pyridine rings is 1. The summed E-state index contributed by atoms with van der Waals surface area (Å²) in [5, 5.41) is 0. The van der Waals surface area contributed by atoms with Crippen LogP contribution < -0.4 is 10.2 Å². The number of hydrogen-bond donors (Lipinski definition) is 1. The van der Waals surface area contributed by atoms with Crippen LogP contribution in [0, 0.1) is 5.92 Å².